The van der Waals surface area contributed by atoms with Crippen molar-refractivity contribution >= 4 is 34.0 Å². The van der Waals surface area contributed by atoms with E-state index in [1.807, 2.05) is 19.9 Å². The molecule has 9 nitrogen and oxygen atoms in total. The van der Waals surface area contributed by atoms with Crippen molar-refractivity contribution in [3.05, 3.63) is 60.1 Å². The van der Waals surface area contributed by atoms with E-state index < -0.39 is 11.7 Å². The summed E-state index contributed by atoms with van der Waals surface area (Å²) in [4.78, 5) is 28.3. The maximum Gasteiger partial charge on any atom is 0.257 e. The molecule has 1 aliphatic heterocycles. The number of aryl methyl sites for hydroxylation is 1. The lowest BCUT2D eigenvalue weighted by atomic mass is 10.1. The van der Waals surface area contributed by atoms with Crippen LogP contribution < -0.4 is 10.2 Å². The second-order valence-electron chi connectivity index (χ2n) is 8.51. The first-order valence-corrected chi connectivity index (χ1v) is 10.7. The molecule has 170 valence electrons. The van der Waals surface area contributed by atoms with Crippen LogP contribution in [0.3, 0.4) is 0 Å². The highest BCUT2D eigenvalue weighted by Crippen LogP contribution is 2.30. The van der Waals surface area contributed by atoms with Gasteiger partial charge in [0.25, 0.3) is 5.91 Å². The summed E-state index contributed by atoms with van der Waals surface area (Å²) in [6, 6.07) is 4.69. The number of aromatic nitrogens is 4. The van der Waals surface area contributed by atoms with Gasteiger partial charge in [-0.05, 0) is 32.9 Å². The summed E-state index contributed by atoms with van der Waals surface area (Å²) >= 11 is 0. The minimum Gasteiger partial charge on any atom is -0.366 e. The largest absolute Gasteiger partial charge is 0.366 e. The van der Waals surface area contributed by atoms with Crippen molar-refractivity contribution in [2.45, 2.75) is 32.9 Å². The summed E-state index contributed by atoms with van der Waals surface area (Å²) in [5.41, 5.74) is 3.44. The Balaban J connectivity index is 1.49. The topological polar surface area (TPSA) is 98.9 Å². The number of hydrogen-bond donors (Lipinski definition) is 2. The van der Waals surface area contributed by atoms with Gasteiger partial charge in [-0.2, -0.15) is 5.06 Å². The molecule has 0 spiro atoms. The van der Waals surface area contributed by atoms with Gasteiger partial charge < -0.3 is 19.8 Å². The molecule has 33 heavy (non-hydrogen) atoms. The van der Waals surface area contributed by atoms with Crippen LogP contribution in [0.15, 0.2) is 43.0 Å². The zero-order valence-electron chi connectivity index (χ0n) is 18.5. The molecule has 5 rings (SSSR count). The minimum absolute atomic E-state index is 0.0555. The predicted octanol–water partition coefficient (Wildman–Crippen LogP) is 3.27. The number of amides is 1. The van der Waals surface area contributed by atoms with Crippen molar-refractivity contribution < 1.29 is 14.4 Å². The Kier molecular flexibility index (Phi) is 5.18. The molecule has 1 fully saturated rings. The van der Waals surface area contributed by atoms with Gasteiger partial charge in [0.1, 0.15) is 11.0 Å². The number of nitrogens with zero attached hydrogens (tertiary/aromatic N) is 6. The van der Waals surface area contributed by atoms with Crippen LogP contribution in [0, 0.1) is 12.7 Å². The number of benzene rings is 1. The fourth-order valence-electron chi connectivity index (χ4n) is 4.44. The Morgan fingerprint density at radius 3 is 2.55 bits per heavy atom. The molecule has 10 heteroatoms. The van der Waals surface area contributed by atoms with Crippen LogP contribution >= 0.6 is 0 Å². The second-order valence-corrected chi connectivity index (χ2v) is 8.51. The predicted molar refractivity (Wildman–Crippen MR) is 122 cm³/mol. The molecule has 0 aliphatic carbocycles. The van der Waals surface area contributed by atoms with E-state index in [1.165, 1.54) is 11.1 Å². The van der Waals surface area contributed by atoms with E-state index in [9.17, 15) is 14.4 Å². The first-order chi connectivity index (χ1) is 15.8. The number of hydroxylamine groups is 2. The number of nitrogens with one attached hydrogen (secondary N) is 1. The molecule has 4 aromatic rings. The number of carbonyl (C=O) groups excluding carboxylic acids is 1. The molecule has 0 radical (unpaired) electrons. The fraction of sp³-hybridized carbons (Fsp3) is 0.304. The highest BCUT2D eigenvalue weighted by Gasteiger charge is 2.30. The molecule has 1 saturated heterocycles. The van der Waals surface area contributed by atoms with Crippen LogP contribution in [0.4, 0.5) is 15.8 Å². The quantitative estimate of drug-likeness (QED) is 0.495. The lowest BCUT2D eigenvalue weighted by Crippen LogP contribution is -2.55. The van der Waals surface area contributed by atoms with Gasteiger partial charge in [0.2, 0.25) is 0 Å². The van der Waals surface area contributed by atoms with Gasteiger partial charge in [0.15, 0.2) is 11.5 Å². The molecule has 0 unspecified atom stereocenters. The lowest BCUT2D eigenvalue weighted by molar-refractivity contribution is -0.155. The molecule has 2 atom stereocenters. The molecule has 3 aromatic heterocycles. The van der Waals surface area contributed by atoms with E-state index >= 15 is 0 Å². The van der Waals surface area contributed by atoms with Crippen molar-refractivity contribution in [1.82, 2.24) is 24.4 Å². The molecule has 1 aromatic carbocycles. The number of piperazine rings is 1. The van der Waals surface area contributed by atoms with Crippen LogP contribution in [-0.4, -0.2) is 60.7 Å². The first-order valence-electron chi connectivity index (χ1n) is 10.7. The van der Waals surface area contributed by atoms with Gasteiger partial charge in [0.05, 0.1) is 34.7 Å². The number of hydrogen-bond acceptors (Lipinski definition) is 7. The number of carbonyl (C=O) groups is 1. The molecule has 0 saturated carbocycles. The monoisotopic (exact) mass is 449 g/mol. The Labute approximate surface area is 189 Å². The molecule has 1 aliphatic rings. The summed E-state index contributed by atoms with van der Waals surface area (Å²) in [6.45, 7) is 6.91. The third-order valence-electron chi connectivity index (χ3n) is 5.95. The van der Waals surface area contributed by atoms with E-state index in [2.05, 4.69) is 25.2 Å². The number of imidazole rings is 1. The van der Waals surface area contributed by atoms with Crippen LogP contribution in [0.5, 0.6) is 0 Å². The van der Waals surface area contributed by atoms with Crippen LogP contribution in [-0.2, 0) is 0 Å². The van der Waals surface area contributed by atoms with E-state index in [0.29, 0.717) is 41.1 Å². The highest BCUT2D eigenvalue weighted by molar-refractivity contribution is 6.13. The van der Waals surface area contributed by atoms with E-state index in [0.717, 1.165) is 5.69 Å². The number of anilines is 2. The summed E-state index contributed by atoms with van der Waals surface area (Å²) in [5.74, 6) is -0.934. The number of pyridine rings is 1. The molecular weight excluding hydrogens is 425 g/mol. The van der Waals surface area contributed by atoms with Crippen molar-refractivity contribution in [3.8, 4) is 0 Å². The van der Waals surface area contributed by atoms with Gasteiger partial charge in [0, 0.05) is 43.9 Å². The van der Waals surface area contributed by atoms with Gasteiger partial charge >= 0.3 is 0 Å². The number of rotatable bonds is 3. The summed E-state index contributed by atoms with van der Waals surface area (Å²) in [7, 11) is 0. The molecule has 2 N–H and O–H groups in total. The van der Waals surface area contributed by atoms with Gasteiger partial charge in [-0.15, -0.1) is 0 Å². The molecular formula is C23H24FN7O2. The maximum absolute atomic E-state index is 14.4. The smallest absolute Gasteiger partial charge is 0.257 e. The van der Waals surface area contributed by atoms with Crippen molar-refractivity contribution in [1.29, 1.82) is 0 Å². The van der Waals surface area contributed by atoms with Crippen molar-refractivity contribution in [2.75, 3.05) is 23.3 Å². The minimum atomic E-state index is -0.521. The van der Waals surface area contributed by atoms with E-state index in [1.54, 1.807) is 42.2 Å². The van der Waals surface area contributed by atoms with Crippen molar-refractivity contribution in [2.24, 2.45) is 0 Å². The highest BCUT2D eigenvalue weighted by atomic mass is 19.1. The molecule has 4 heterocycles. The van der Waals surface area contributed by atoms with Gasteiger partial charge in [-0.1, -0.05) is 0 Å². The third kappa shape index (κ3) is 3.77. The summed E-state index contributed by atoms with van der Waals surface area (Å²) in [6.07, 6.45) is 6.45. The molecule has 0 bridgehead atoms. The van der Waals surface area contributed by atoms with E-state index in [4.69, 9.17) is 0 Å². The second kappa shape index (κ2) is 8.05. The standard InChI is InChI=1S/C23H24FN7O2/c1-13-9-30-12-16(8-18(24)22(30)27-13)28-23(32)17-4-5-19(21-20(17)25-6-7-26-21)29-10-14(2)31(33)15(3)11-29/h4-9,12,14-15,33H,10-11H2,1-3H3,(H,28,32)/t14-,15-/m0/s1. The molecule has 1 amide bonds. The first kappa shape index (κ1) is 21.2. The maximum atomic E-state index is 14.4. The van der Waals surface area contributed by atoms with E-state index in [-0.39, 0.29) is 17.7 Å². The summed E-state index contributed by atoms with van der Waals surface area (Å²) < 4.78 is 16.0. The van der Waals surface area contributed by atoms with Crippen LogP contribution in [0.1, 0.15) is 29.9 Å². The Morgan fingerprint density at radius 1 is 1.12 bits per heavy atom. The van der Waals surface area contributed by atoms with Crippen LogP contribution in [0.2, 0.25) is 0 Å². The third-order valence-corrected chi connectivity index (χ3v) is 5.95. The lowest BCUT2D eigenvalue weighted by Gasteiger charge is -2.42. The zero-order valence-corrected chi connectivity index (χ0v) is 18.5. The average Bonchev–Trinajstić information content (AvgIpc) is 3.17. The summed E-state index contributed by atoms with van der Waals surface area (Å²) in [5, 5.41) is 14.3. The number of halogens is 1. The Morgan fingerprint density at radius 2 is 1.82 bits per heavy atom. The SMILES string of the molecule is Cc1cn2cc(NC(=O)c3ccc(N4C[C@H](C)N(O)[C@@H](C)C4)c4nccnc34)cc(F)c2n1. The Hall–Kier alpha value is -3.63. The normalized spacial score (nSPS) is 19.4. The van der Waals surface area contributed by atoms with Crippen molar-refractivity contribution in [3.63, 3.8) is 0 Å². The Bertz CT molecular complexity index is 1360. The zero-order chi connectivity index (χ0) is 23.3. The average molecular weight is 449 g/mol. The van der Waals surface area contributed by atoms with Gasteiger partial charge in [-0.25, -0.2) is 9.37 Å². The number of fused-ring (bicyclic) bond motifs is 2. The fourth-order valence-corrected chi connectivity index (χ4v) is 4.44. The van der Waals surface area contributed by atoms with Crippen LogP contribution in [0.25, 0.3) is 16.7 Å². The van der Waals surface area contributed by atoms with Gasteiger partial charge in [-0.3, -0.25) is 14.8 Å².